The van der Waals surface area contributed by atoms with Crippen molar-refractivity contribution in [2.75, 3.05) is 19.0 Å². The van der Waals surface area contributed by atoms with Gasteiger partial charge in [-0.15, -0.1) is 0 Å². The summed E-state index contributed by atoms with van der Waals surface area (Å²) in [5.74, 6) is 0.0654. The first kappa shape index (κ1) is 13.9. The summed E-state index contributed by atoms with van der Waals surface area (Å²) in [6.07, 6.45) is 7.34. The van der Waals surface area contributed by atoms with Gasteiger partial charge in [0.1, 0.15) is 0 Å². The highest BCUT2D eigenvalue weighted by Crippen LogP contribution is 2.18. The highest BCUT2D eigenvalue weighted by atomic mass is 16.1. The highest BCUT2D eigenvalue weighted by molar-refractivity contribution is 5.95. The summed E-state index contributed by atoms with van der Waals surface area (Å²) < 4.78 is 0. The van der Waals surface area contributed by atoms with Gasteiger partial charge in [0.05, 0.1) is 0 Å². The minimum absolute atomic E-state index is 0.0654. The summed E-state index contributed by atoms with van der Waals surface area (Å²) in [4.78, 5) is 14.3. The average molecular weight is 260 g/mol. The lowest BCUT2D eigenvalue weighted by atomic mass is 10.1. The van der Waals surface area contributed by atoms with Crippen LogP contribution >= 0.6 is 0 Å². The van der Waals surface area contributed by atoms with Gasteiger partial charge in [-0.3, -0.25) is 4.79 Å². The van der Waals surface area contributed by atoms with Crippen molar-refractivity contribution in [2.24, 2.45) is 0 Å². The maximum atomic E-state index is 12.3. The molecule has 1 N–H and O–H groups in total. The van der Waals surface area contributed by atoms with E-state index in [2.05, 4.69) is 5.32 Å². The van der Waals surface area contributed by atoms with Gasteiger partial charge in [0.2, 0.25) is 0 Å². The second-order valence-corrected chi connectivity index (χ2v) is 5.61. The van der Waals surface area contributed by atoms with Crippen molar-refractivity contribution in [1.82, 2.24) is 5.32 Å². The molecular weight excluding hydrogens is 236 g/mol. The number of hydrogen-bond donors (Lipinski definition) is 1. The van der Waals surface area contributed by atoms with Gasteiger partial charge in [0, 0.05) is 31.4 Å². The molecule has 1 aromatic rings. The van der Waals surface area contributed by atoms with Gasteiger partial charge in [-0.25, -0.2) is 0 Å². The van der Waals surface area contributed by atoms with Crippen molar-refractivity contribution >= 4 is 11.6 Å². The van der Waals surface area contributed by atoms with Crippen LogP contribution in [-0.2, 0) is 0 Å². The fourth-order valence-electron chi connectivity index (χ4n) is 2.62. The van der Waals surface area contributed by atoms with Gasteiger partial charge in [0.15, 0.2) is 0 Å². The van der Waals surface area contributed by atoms with Crippen LogP contribution in [0.25, 0.3) is 0 Å². The Morgan fingerprint density at radius 1 is 1.16 bits per heavy atom. The molecule has 0 aromatic heterocycles. The second kappa shape index (κ2) is 6.60. The van der Waals surface area contributed by atoms with Crippen LogP contribution in [0.5, 0.6) is 0 Å². The van der Waals surface area contributed by atoms with Crippen LogP contribution in [0.2, 0.25) is 0 Å². The first-order valence-corrected chi connectivity index (χ1v) is 7.25. The summed E-state index contributed by atoms with van der Waals surface area (Å²) >= 11 is 0. The molecule has 2 rings (SSSR count). The minimum Gasteiger partial charge on any atom is -0.378 e. The number of carbonyl (C=O) groups is 1. The Kier molecular flexibility index (Phi) is 4.83. The maximum absolute atomic E-state index is 12.3. The molecule has 0 bridgehead atoms. The molecule has 1 aliphatic rings. The molecule has 0 saturated heterocycles. The molecular formula is C16H24N2O. The van der Waals surface area contributed by atoms with Crippen LogP contribution in [0.3, 0.4) is 0 Å². The van der Waals surface area contributed by atoms with Gasteiger partial charge in [-0.1, -0.05) is 31.7 Å². The van der Waals surface area contributed by atoms with E-state index in [4.69, 9.17) is 0 Å². The van der Waals surface area contributed by atoms with Crippen LogP contribution in [-0.4, -0.2) is 26.0 Å². The Bertz CT molecular complexity index is 421. The molecule has 3 nitrogen and oxygen atoms in total. The monoisotopic (exact) mass is 260 g/mol. The third kappa shape index (κ3) is 3.98. The van der Waals surface area contributed by atoms with Gasteiger partial charge in [0.25, 0.3) is 5.91 Å². The Morgan fingerprint density at radius 2 is 1.84 bits per heavy atom. The molecule has 0 heterocycles. The van der Waals surface area contributed by atoms with E-state index >= 15 is 0 Å². The number of rotatable bonds is 3. The number of nitrogens with one attached hydrogen (secondary N) is 1. The van der Waals surface area contributed by atoms with E-state index in [1.165, 1.54) is 25.7 Å². The zero-order chi connectivity index (χ0) is 13.7. The smallest absolute Gasteiger partial charge is 0.251 e. The quantitative estimate of drug-likeness (QED) is 0.846. The van der Waals surface area contributed by atoms with Crippen molar-refractivity contribution in [3.05, 3.63) is 29.8 Å². The summed E-state index contributed by atoms with van der Waals surface area (Å²) in [7, 11) is 3.98. The first-order chi connectivity index (χ1) is 9.16. The van der Waals surface area contributed by atoms with E-state index in [-0.39, 0.29) is 5.91 Å². The molecule has 1 fully saturated rings. The molecule has 0 spiro atoms. The van der Waals surface area contributed by atoms with Crippen molar-refractivity contribution in [1.29, 1.82) is 0 Å². The number of anilines is 1. The highest BCUT2D eigenvalue weighted by Gasteiger charge is 2.15. The number of benzene rings is 1. The molecule has 3 heteroatoms. The number of amides is 1. The van der Waals surface area contributed by atoms with Crippen LogP contribution in [0.15, 0.2) is 24.3 Å². The normalized spacial score (nSPS) is 16.7. The minimum atomic E-state index is 0.0654. The number of carbonyl (C=O) groups excluding carboxylic acids is 1. The van der Waals surface area contributed by atoms with Crippen LogP contribution in [0, 0.1) is 0 Å². The molecule has 0 atom stereocenters. The molecule has 19 heavy (non-hydrogen) atoms. The first-order valence-electron chi connectivity index (χ1n) is 7.25. The van der Waals surface area contributed by atoms with Crippen molar-refractivity contribution < 1.29 is 4.79 Å². The lowest BCUT2D eigenvalue weighted by Crippen LogP contribution is -2.34. The third-order valence-corrected chi connectivity index (χ3v) is 3.82. The zero-order valence-corrected chi connectivity index (χ0v) is 12.0. The lowest BCUT2D eigenvalue weighted by Gasteiger charge is -2.17. The molecule has 0 unspecified atom stereocenters. The van der Waals surface area contributed by atoms with Crippen molar-refractivity contribution in [3.8, 4) is 0 Å². The molecule has 0 aliphatic heterocycles. The van der Waals surface area contributed by atoms with Crippen molar-refractivity contribution in [3.63, 3.8) is 0 Å². The van der Waals surface area contributed by atoms with E-state index in [1.54, 1.807) is 0 Å². The van der Waals surface area contributed by atoms with Gasteiger partial charge >= 0.3 is 0 Å². The van der Waals surface area contributed by atoms with E-state index in [0.717, 1.165) is 24.1 Å². The van der Waals surface area contributed by atoms with E-state index in [0.29, 0.717) is 6.04 Å². The molecule has 1 amide bonds. The van der Waals surface area contributed by atoms with Gasteiger partial charge in [-0.2, -0.15) is 0 Å². The summed E-state index contributed by atoms with van der Waals surface area (Å²) in [5, 5.41) is 3.18. The fraction of sp³-hybridized carbons (Fsp3) is 0.562. The van der Waals surface area contributed by atoms with Crippen LogP contribution in [0.4, 0.5) is 5.69 Å². The van der Waals surface area contributed by atoms with Crippen LogP contribution in [0.1, 0.15) is 48.9 Å². The Hall–Kier alpha value is -1.51. The Morgan fingerprint density at radius 3 is 2.47 bits per heavy atom. The maximum Gasteiger partial charge on any atom is 0.251 e. The molecule has 0 radical (unpaired) electrons. The standard InChI is InChI=1S/C16H24N2O/c1-18(2)15-11-7-8-13(12-15)16(19)17-14-9-5-3-4-6-10-14/h7-8,11-12,14H,3-6,9-10H2,1-2H3,(H,17,19). The zero-order valence-electron chi connectivity index (χ0n) is 12.0. The summed E-state index contributed by atoms with van der Waals surface area (Å²) in [5.41, 5.74) is 1.82. The van der Waals surface area contributed by atoms with E-state index in [1.807, 2.05) is 43.3 Å². The predicted molar refractivity (Wildman–Crippen MR) is 79.7 cm³/mol. The van der Waals surface area contributed by atoms with Gasteiger partial charge < -0.3 is 10.2 Å². The third-order valence-electron chi connectivity index (χ3n) is 3.82. The van der Waals surface area contributed by atoms with Crippen LogP contribution < -0.4 is 10.2 Å². The Labute approximate surface area is 116 Å². The Balaban J connectivity index is 2.00. The lowest BCUT2D eigenvalue weighted by molar-refractivity contribution is 0.0933. The van der Waals surface area contributed by atoms with E-state index < -0.39 is 0 Å². The topological polar surface area (TPSA) is 32.3 Å². The number of nitrogens with zero attached hydrogens (tertiary/aromatic N) is 1. The van der Waals surface area contributed by atoms with E-state index in [9.17, 15) is 4.79 Å². The second-order valence-electron chi connectivity index (χ2n) is 5.61. The molecule has 1 saturated carbocycles. The summed E-state index contributed by atoms with van der Waals surface area (Å²) in [6.45, 7) is 0. The average Bonchev–Trinajstić information content (AvgIpc) is 2.67. The SMILES string of the molecule is CN(C)c1cccc(C(=O)NC2CCCCCC2)c1. The largest absolute Gasteiger partial charge is 0.378 e. The van der Waals surface area contributed by atoms with Crippen molar-refractivity contribution in [2.45, 2.75) is 44.6 Å². The number of hydrogen-bond acceptors (Lipinski definition) is 2. The summed E-state index contributed by atoms with van der Waals surface area (Å²) in [6, 6.07) is 8.16. The molecule has 104 valence electrons. The predicted octanol–water partition coefficient (Wildman–Crippen LogP) is 3.21. The molecule has 1 aliphatic carbocycles. The van der Waals surface area contributed by atoms with Gasteiger partial charge in [-0.05, 0) is 31.0 Å². The fourth-order valence-corrected chi connectivity index (χ4v) is 2.62. The molecule has 1 aromatic carbocycles.